The zero-order valence-corrected chi connectivity index (χ0v) is 10.4. The Labute approximate surface area is 96.1 Å². The minimum Gasteiger partial charge on any atom is -0.300 e. The molecule has 0 aliphatic carbocycles. The van der Waals surface area contributed by atoms with Crippen LogP contribution in [-0.2, 0) is 14.9 Å². The summed E-state index contributed by atoms with van der Waals surface area (Å²) in [6.45, 7) is 5.27. The molecule has 0 fully saturated rings. The van der Waals surface area contributed by atoms with E-state index in [1.165, 1.54) is 12.1 Å². The predicted molar refractivity (Wildman–Crippen MR) is 62.0 cm³/mol. The lowest BCUT2D eigenvalue weighted by Crippen LogP contribution is -1.96. The second kappa shape index (κ2) is 6.40. The van der Waals surface area contributed by atoms with Crippen molar-refractivity contribution in [2.45, 2.75) is 32.1 Å². The molecule has 90 valence electrons. The van der Waals surface area contributed by atoms with Crippen molar-refractivity contribution in [3.05, 3.63) is 29.8 Å². The summed E-state index contributed by atoms with van der Waals surface area (Å²) in [7, 11) is -4.02. The lowest BCUT2D eigenvalue weighted by molar-refractivity contribution is -0.116. The van der Waals surface area contributed by atoms with Gasteiger partial charge in [0.25, 0.3) is 10.1 Å². The van der Waals surface area contributed by atoms with E-state index >= 15 is 0 Å². The highest BCUT2D eigenvalue weighted by Gasteiger charge is 2.06. The summed E-state index contributed by atoms with van der Waals surface area (Å²) in [6.07, 6.45) is 0.667. The summed E-state index contributed by atoms with van der Waals surface area (Å²) in [4.78, 5) is 9.75. The van der Waals surface area contributed by atoms with Crippen molar-refractivity contribution >= 4 is 15.9 Å². The maximum absolute atomic E-state index is 10.5. The molecule has 0 saturated heterocycles. The molecule has 4 nitrogen and oxygen atoms in total. The molecule has 1 rings (SSSR count). The van der Waals surface area contributed by atoms with Gasteiger partial charge in [-0.05, 0) is 26.0 Å². The van der Waals surface area contributed by atoms with E-state index in [0.717, 1.165) is 5.56 Å². The van der Waals surface area contributed by atoms with Crippen LogP contribution in [0.25, 0.3) is 0 Å². The van der Waals surface area contributed by atoms with Crippen LogP contribution in [0.1, 0.15) is 25.8 Å². The smallest absolute Gasteiger partial charge is 0.294 e. The number of rotatable bonds is 2. The van der Waals surface area contributed by atoms with E-state index in [2.05, 4.69) is 0 Å². The first-order valence-electron chi connectivity index (χ1n) is 4.81. The highest BCUT2D eigenvalue weighted by atomic mass is 32.2. The summed E-state index contributed by atoms with van der Waals surface area (Å²) in [5, 5.41) is 0. The molecule has 16 heavy (non-hydrogen) atoms. The SMILES string of the molecule is CCC(C)=O.Cc1ccc(S(=O)(=O)O)cc1. The van der Waals surface area contributed by atoms with Crippen molar-refractivity contribution in [2.75, 3.05) is 0 Å². The average Bonchev–Trinajstić information content (AvgIpc) is 2.18. The van der Waals surface area contributed by atoms with Crippen molar-refractivity contribution in [3.63, 3.8) is 0 Å². The minimum atomic E-state index is -4.02. The van der Waals surface area contributed by atoms with Crippen LogP contribution in [0.3, 0.4) is 0 Å². The third kappa shape index (κ3) is 6.31. The largest absolute Gasteiger partial charge is 0.300 e. The van der Waals surface area contributed by atoms with Crippen LogP contribution in [0.5, 0.6) is 0 Å². The molecular weight excluding hydrogens is 228 g/mol. The van der Waals surface area contributed by atoms with E-state index in [4.69, 9.17) is 4.55 Å². The van der Waals surface area contributed by atoms with Gasteiger partial charge in [-0.25, -0.2) is 0 Å². The van der Waals surface area contributed by atoms with Crippen LogP contribution >= 0.6 is 0 Å². The molecule has 0 heterocycles. The molecule has 0 bridgehead atoms. The normalized spacial score (nSPS) is 10.2. The molecule has 0 spiro atoms. The van der Waals surface area contributed by atoms with Crippen LogP contribution in [0.15, 0.2) is 29.2 Å². The Kier molecular flexibility index (Phi) is 5.92. The number of Topliss-reactive ketones (excluding diaryl/α,β-unsaturated/α-hetero) is 1. The number of carbonyl (C=O) groups excluding carboxylic acids is 1. The van der Waals surface area contributed by atoms with E-state index < -0.39 is 10.1 Å². The molecule has 1 N–H and O–H groups in total. The maximum Gasteiger partial charge on any atom is 0.294 e. The third-order valence-corrected chi connectivity index (χ3v) is 2.68. The van der Waals surface area contributed by atoms with E-state index in [-0.39, 0.29) is 10.7 Å². The predicted octanol–water partition coefficient (Wildman–Crippen LogP) is 2.23. The molecule has 0 radical (unpaired) electrons. The topological polar surface area (TPSA) is 71.4 Å². The van der Waals surface area contributed by atoms with Gasteiger partial charge in [-0.15, -0.1) is 0 Å². The number of aryl methyl sites for hydroxylation is 1. The zero-order valence-electron chi connectivity index (χ0n) is 9.60. The van der Waals surface area contributed by atoms with E-state index in [0.29, 0.717) is 6.42 Å². The summed E-state index contributed by atoms with van der Waals surface area (Å²) < 4.78 is 29.6. The second-order valence-electron chi connectivity index (χ2n) is 3.34. The zero-order chi connectivity index (χ0) is 12.8. The molecule has 0 saturated carbocycles. The number of carbonyl (C=O) groups is 1. The molecular formula is C11H16O4S. The molecule has 1 aromatic carbocycles. The fourth-order valence-electron chi connectivity index (χ4n) is 0.710. The highest BCUT2D eigenvalue weighted by Crippen LogP contribution is 2.08. The van der Waals surface area contributed by atoms with Gasteiger partial charge in [-0.3, -0.25) is 4.55 Å². The Morgan fingerprint density at radius 3 is 1.88 bits per heavy atom. The number of benzene rings is 1. The maximum atomic E-state index is 10.5. The Balaban J connectivity index is 0.000000385. The lowest BCUT2D eigenvalue weighted by Gasteiger charge is -1.95. The van der Waals surface area contributed by atoms with E-state index in [9.17, 15) is 13.2 Å². The molecule has 0 unspecified atom stereocenters. The Morgan fingerprint density at radius 2 is 1.62 bits per heavy atom. The van der Waals surface area contributed by atoms with Crippen molar-refractivity contribution in [1.29, 1.82) is 0 Å². The van der Waals surface area contributed by atoms with Crippen LogP contribution in [0.2, 0.25) is 0 Å². The number of hydrogen-bond acceptors (Lipinski definition) is 3. The Bertz CT molecular complexity index is 432. The monoisotopic (exact) mass is 244 g/mol. The summed E-state index contributed by atoms with van der Waals surface area (Å²) in [5.41, 5.74) is 0.956. The molecule has 0 atom stereocenters. The van der Waals surface area contributed by atoms with Gasteiger partial charge >= 0.3 is 0 Å². The molecule has 1 aromatic rings. The van der Waals surface area contributed by atoms with Crippen LogP contribution < -0.4 is 0 Å². The first-order chi connectivity index (χ1) is 7.27. The van der Waals surface area contributed by atoms with Gasteiger partial charge in [0.1, 0.15) is 5.78 Å². The van der Waals surface area contributed by atoms with Gasteiger partial charge < -0.3 is 4.79 Å². The van der Waals surface area contributed by atoms with Gasteiger partial charge in [-0.1, -0.05) is 24.6 Å². The first kappa shape index (κ1) is 14.8. The number of hydrogen-bond donors (Lipinski definition) is 1. The molecule has 5 heteroatoms. The Hall–Kier alpha value is -1.20. The molecule has 0 amide bonds. The van der Waals surface area contributed by atoms with E-state index in [1.54, 1.807) is 19.1 Å². The Morgan fingerprint density at radius 1 is 1.25 bits per heavy atom. The third-order valence-electron chi connectivity index (χ3n) is 1.82. The minimum absolute atomic E-state index is 0.0666. The van der Waals surface area contributed by atoms with Crippen molar-refractivity contribution in [1.82, 2.24) is 0 Å². The van der Waals surface area contributed by atoms with Crippen molar-refractivity contribution < 1.29 is 17.8 Å². The van der Waals surface area contributed by atoms with Gasteiger partial charge in [-0.2, -0.15) is 8.42 Å². The second-order valence-corrected chi connectivity index (χ2v) is 4.77. The van der Waals surface area contributed by atoms with Gasteiger partial charge in [0.05, 0.1) is 4.90 Å². The molecule has 0 aliphatic rings. The standard InChI is InChI=1S/C7H8O3S.C4H8O/c1-6-2-4-7(5-3-6)11(8,9)10;1-3-4(2)5/h2-5H,1H3,(H,8,9,10);3H2,1-2H3. The summed E-state index contributed by atoms with van der Waals surface area (Å²) in [5.74, 6) is 0.255. The van der Waals surface area contributed by atoms with Crippen LogP contribution in [-0.4, -0.2) is 18.8 Å². The fourth-order valence-corrected chi connectivity index (χ4v) is 1.19. The molecule has 0 aliphatic heterocycles. The quantitative estimate of drug-likeness (QED) is 0.810. The van der Waals surface area contributed by atoms with Crippen molar-refractivity contribution in [2.24, 2.45) is 0 Å². The van der Waals surface area contributed by atoms with E-state index in [1.807, 2.05) is 13.8 Å². The lowest BCUT2D eigenvalue weighted by atomic mass is 10.2. The van der Waals surface area contributed by atoms with Crippen LogP contribution in [0.4, 0.5) is 0 Å². The number of ketones is 1. The van der Waals surface area contributed by atoms with Crippen molar-refractivity contribution in [3.8, 4) is 0 Å². The highest BCUT2D eigenvalue weighted by molar-refractivity contribution is 7.85. The molecule has 0 aromatic heterocycles. The average molecular weight is 244 g/mol. The van der Waals surface area contributed by atoms with Gasteiger partial charge in [0, 0.05) is 6.42 Å². The summed E-state index contributed by atoms with van der Waals surface area (Å²) in [6, 6.07) is 5.99. The first-order valence-corrected chi connectivity index (χ1v) is 6.25. The summed E-state index contributed by atoms with van der Waals surface area (Å²) >= 11 is 0. The van der Waals surface area contributed by atoms with Gasteiger partial charge in [0.15, 0.2) is 0 Å². The van der Waals surface area contributed by atoms with Crippen LogP contribution in [0, 0.1) is 6.92 Å². The fraction of sp³-hybridized carbons (Fsp3) is 0.364. The van der Waals surface area contributed by atoms with Gasteiger partial charge in [0.2, 0.25) is 0 Å².